The Kier molecular flexibility index (Phi) is 9.58. The van der Waals surface area contributed by atoms with E-state index in [1.807, 2.05) is 7.05 Å². The molecule has 6 nitrogen and oxygen atoms in total. The molecule has 0 aromatic rings. The Bertz CT molecular complexity index is 376. The summed E-state index contributed by atoms with van der Waals surface area (Å²) in [5, 5.41) is 7.00. The molecule has 146 valence electrons. The minimum Gasteiger partial charge on any atom is -0.379 e. The van der Waals surface area contributed by atoms with Crippen LogP contribution >= 0.6 is 0 Å². The topological polar surface area (TPSA) is 52.1 Å². The Morgan fingerprint density at radius 3 is 2.40 bits per heavy atom. The zero-order valence-corrected chi connectivity index (χ0v) is 16.6. The van der Waals surface area contributed by atoms with Gasteiger partial charge in [0.15, 0.2) is 5.96 Å². The lowest BCUT2D eigenvalue weighted by molar-refractivity contribution is 0.00752. The fraction of sp³-hybridized carbons (Fsp3) is 0.947. The maximum atomic E-state index is 5.49. The van der Waals surface area contributed by atoms with Crippen LogP contribution in [0.5, 0.6) is 0 Å². The minimum atomic E-state index is 0.526. The number of nitrogens with one attached hydrogen (secondary N) is 2. The SMILES string of the molecule is CN=C(NCCCCN1CCCC1)NCC(C(C)C)N1CCOCC1. The number of morpholine rings is 1. The number of hydrogen-bond donors (Lipinski definition) is 2. The molecule has 1 atom stereocenters. The first-order valence-electron chi connectivity index (χ1n) is 10.2. The molecular weight excluding hydrogens is 314 g/mol. The summed E-state index contributed by atoms with van der Waals surface area (Å²) in [4.78, 5) is 9.51. The number of likely N-dealkylation sites (tertiary alicyclic amines) is 1. The maximum absolute atomic E-state index is 5.49. The van der Waals surface area contributed by atoms with Gasteiger partial charge >= 0.3 is 0 Å². The monoisotopic (exact) mass is 353 g/mol. The summed E-state index contributed by atoms with van der Waals surface area (Å²) in [5.41, 5.74) is 0. The molecule has 2 fully saturated rings. The Hall–Kier alpha value is -0.850. The van der Waals surface area contributed by atoms with Crippen molar-refractivity contribution in [2.75, 3.05) is 66.1 Å². The van der Waals surface area contributed by atoms with E-state index < -0.39 is 0 Å². The van der Waals surface area contributed by atoms with Crippen molar-refractivity contribution in [3.05, 3.63) is 0 Å². The second-order valence-corrected chi connectivity index (χ2v) is 7.60. The van der Waals surface area contributed by atoms with Crippen molar-refractivity contribution < 1.29 is 4.74 Å². The van der Waals surface area contributed by atoms with E-state index in [0.717, 1.165) is 45.4 Å². The zero-order chi connectivity index (χ0) is 17.9. The summed E-state index contributed by atoms with van der Waals surface area (Å²) >= 11 is 0. The van der Waals surface area contributed by atoms with Gasteiger partial charge in [0.25, 0.3) is 0 Å². The van der Waals surface area contributed by atoms with Gasteiger partial charge in [0.05, 0.1) is 13.2 Å². The number of unbranched alkanes of at least 4 members (excludes halogenated alkanes) is 1. The molecule has 0 amide bonds. The summed E-state index contributed by atoms with van der Waals surface area (Å²) < 4.78 is 5.49. The summed E-state index contributed by atoms with van der Waals surface area (Å²) in [5.74, 6) is 1.55. The summed E-state index contributed by atoms with van der Waals surface area (Å²) in [6, 6.07) is 0.526. The van der Waals surface area contributed by atoms with Crippen molar-refractivity contribution in [1.82, 2.24) is 20.4 Å². The lowest BCUT2D eigenvalue weighted by Crippen LogP contribution is -2.52. The normalized spacial score (nSPS) is 21.7. The first kappa shape index (κ1) is 20.5. The molecule has 25 heavy (non-hydrogen) atoms. The van der Waals surface area contributed by atoms with Crippen molar-refractivity contribution in [1.29, 1.82) is 0 Å². The Balaban J connectivity index is 1.62. The molecular formula is C19H39N5O. The first-order valence-corrected chi connectivity index (χ1v) is 10.2. The Labute approximate surface area is 154 Å². The number of ether oxygens (including phenoxy) is 1. The molecule has 0 spiro atoms. The van der Waals surface area contributed by atoms with Gasteiger partial charge in [0, 0.05) is 39.3 Å². The molecule has 2 heterocycles. The van der Waals surface area contributed by atoms with E-state index in [1.165, 1.54) is 45.3 Å². The van der Waals surface area contributed by atoms with E-state index in [1.54, 1.807) is 0 Å². The fourth-order valence-electron chi connectivity index (χ4n) is 3.79. The van der Waals surface area contributed by atoms with Crippen molar-refractivity contribution in [2.45, 2.75) is 45.6 Å². The van der Waals surface area contributed by atoms with Crippen LogP contribution < -0.4 is 10.6 Å². The zero-order valence-electron chi connectivity index (χ0n) is 16.6. The van der Waals surface area contributed by atoms with Gasteiger partial charge in [-0.2, -0.15) is 0 Å². The number of aliphatic imine (C=N–C) groups is 1. The van der Waals surface area contributed by atoms with Gasteiger partial charge in [-0.1, -0.05) is 13.8 Å². The van der Waals surface area contributed by atoms with E-state index in [2.05, 4.69) is 39.3 Å². The highest BCUT2D eigenvalue weighted by atomic mass is 16.5. The standard InChI is InChI=1S/C19H39N5O/c1-17(2)18(24-12-14-25-15-13-24)16-22-19(20-3)21-8-4-5-9-23-10-6-7-11-23/h17-18H,4-16H2,1-3H3,(H2,20,21,22). The molecule has 6 heteroatoms. The summed E-state index contributed by atoms with van der Waals surface area (Å²) in [7, 11) is 1.86. The van der Waals surface area contributed by atoms with Gasteiger partial charge in [-0.15, -0.1) is 0 Å². The predicted molar refractivity (Wildman–Crippen MR) is 105 cm³/mol. The first-order chi connectivity index (χ1) is 12.2. The lowest BCUT2D eigenvalue weighted by Gasteiger charge is -2.37. The second kappa shape index (κ2) is 11.7. The molecule has 2 saturated heterocycles. The van der Waals surface area contributed by atoms with E-state index in [0.29, 0.717) is 12.0 Å². The van der Waals surface area contributed by atoms with Gasteiger partial charge in [-0.25, -0.2) is 0 Å². The average molecular weight is 354 g/mol. The Morgan fingerprint density at radius 1 is 1.04 bits per heavy atom. The molecule has 0 aromatic carbocycles. The van der Waals surface area contributed by atoms with E-state index in [-0.39, 0.29) is 0 Å². The lowest BCUT2D eigenvalue weighted by atomic mass is 10.0. The van der Waals surface area contributed by atoms with Gasteiger partial charge in [-0.3, -0.25) is 9.89 Å². The fourth-order valence-corrected chi connectivity index (χ4v) is 3.79. The molecule has 2 rings (SSSR count). The van der Waals surface area contributed by atoms with Crippen LogP contribution in [-0.4, -0.2) is 87.9 Å². The molecule has 2 aliphatic rings. The van der Waals surface area contributed by atoms with E-state index in [4.69, 9.17) is 4.74 Å². The predicted octanol–water partition coefficient (Wildman–Crippen LogP) is 1.38. The highest BCUT2D eigenvalue weighted by molar-refractivity contribution is 5.79. The maximum Gasteiger partial charge on any atom is 0.191 e. The minimum absolute atomic E-state index is 0.526. The van der Waals surface area contributed by atoms with Crippen LogP contribution in [0.4, 0.5) is 0 Å². The molecule has 0 saturated carbocycles. The largest absolute Gasteiger partial charge is 0.379 e. The van der Waals surface area contributed by atoms with Crippen LogP contribution in [0.3, 0.4) is 0 Å². The van der Waals surface area contributed by atoms with Crippen LogP contribution in [0.15, 0.2) is 4.99 Å². The van der Waals surface area contributed by atoms with Crippen molar-refractivity contribution in [3.8, 4) is 0 Å². The molecule has 2 N–H and O–H groups in total. The molecule has 0 radical (unpaired) electrons. The average Bonchev–Trinajstić information content (AvgIpc) is 3.14. The van der Waals surface area contributed by atoms with Gasteiger partial charge in [0.2, 0.25) is 0 Å². The molecule has 0 aromatic heterocycles. The second-order valence-electron chi connectivity index (χ2n) is 7.60. The van der Waals surface area contributed by atoms with E-state index in [9.17, 15) is 0 Å². The quantitative estimate of drug-likeness (QED) is 0.373. The van der Waals surface area contributed by atoms with Crippen LogP contribution in [0.1, 0.15) is 39.5 Å². The molecule has 1 unspecified atom stereocenters. The van der Waals surface area contributed by atoms with Crippen molar-refractivity contribution >= 4 is 5.96 Å². The van der Waals surface area contributed by atoms with Crippen LogP contribution in [0, 0.1) is 5.92 Å². The van der Waals surface area contributed by atoms with Crippen LogP contribution in [0.2, 0.25) is 0 Å². The smallest absolute Gasteiger partial charge is 0.191 e. The molecule has 0 aliphatic carbocycles. The van der Waals surface area contributed by atoms with E-state index >= 15 is 0 Å². The molecule has 0 bridgehead atoms. The van der Waals surface area contributed by atoms with Gasteiger partial charge in [0.1, 0.15) is 0 Å². The van der Waals surface area contributed by atoms with Crippen molar-refractivity contribution in [2.24, 2.45) is 10.9 Å². The highest BCUT2D eigenvalue weighted by Crippen LogP contribution is 2.12. The highest BCUT2D eigenvalue weighted by Gasteiger charge is 2.23. The third kappa shape index (κ3) is 7.50. The summed E-state index contributed by atoms with van der Waals surface area (Å²) in [6.07, 6.45) is 5.24. The van der Waals surface area contributed by atoms with Crippen LogP contribution in [0.25, 0.3) is 0 Å². The van der Waals surface area contributed by atoms with Crippen LogP contribution in [-0.2, 0) is 4.74 Å². The number of guanidine groups is 1. The van der Waals surface area contributed by atoms with Gasteiger partial charge in [-0.05, 0) is 51.2 Å². The van der Waals surface area contributed by atoms with Crippen molar-refractivity contribution in [3.63, 3.8) is 0 Å². The number of rotatable bonds is 9. The summed E-state index contributed by atoms with van der Waals surface area (Å²) in [6.45, 7) is 14.2. The van der Waals surface area contributed by atoms with Gasteiger partial charge < -0.3 is 20.3 Å². The third-order valence-electron chi connectivity index (χ3n) is 5.38. The third-order valence-corrected chi connectivity index (χ3v) is 5.38. The molecule has 2 aliphatic heterocycles. The Morgan fingerprint density at radius 2 is 1.76 bits per heavy atom. The number of nitrogens with zero attached hydrogens (tertiary/aromatic N) is 3. The number of hydrogen-bond acceptors (Lipinski definition) is 4.